The average Bonchev–Trinajstić information content (AvgIpc) is 3.21. The summed E-state index contributed by atoms with van der Waals surface area (Å²) in [7, 11) is 1.77. The van der Waals surface area contributed by atoms with Gasteiger partial charge in [0.05, 0.1) is 23.5 Å². The maximum absolute atomic E-state index is 8.93. The van der Waals surface area contributed by atoms with Crippen molar-refractivity contribution in [3.05, 3.63) is 100 Å². The van der Waals surface area contributed by atoms with E-state index in [1.165, 1.54) is 11.1 Å². The van der Waals surface area contributed by atoms with Gasteiger partial charge in [0.2, 0.25) is 4.80 Å². The van der Waals surface area contributed by atoms with Gasteiger partial charge < -0.3 is 0 Å². The molecule has 0 amide bonds. The number of nitrogens with zero attached hydrogens (tertiary/aromatic N) is 4. The van der Waals surface area contributed by atoms with Crippen LogP contribution < -0.4 is 4.80 Å². The number of hydrogen-bond acceptors (Lipinski definition) is 4. The van der Waals surface area contributed by atoms with E-state index in [0.717, 1.165) is 21.6 Å². The lowest BCUT2D eigenvalue weighted by molar-refractivity contribution is 0.848. The Morgan fingerprint density at radius 3 is 2.17 bits per heavy atom. The predicted molar refractivity (Wildman–Crippen MR) is 119 cm³/mol. The molecule has 0 aliphatic rings. The molecule has 1 aromatic heterocycles. The molecule has 4 rings (SSSR count). The standard InChI is InChI=1S/C24H18N4S/c1-26-24-28(27-16-19-9-7-18(15-25)8-10-19)23(17-29-24)22-13-11-21(12-14-22)20-5-3-2-4-6-20/h2-14,16-17H,1H3. The third-order valence-electron chi connectivity index (χ3n) is 4.53. The fraction of sp³-hybridized carbons (Fsp3) is 0.0417. The smallest absolute Gasteiger partial charge is 0.205 e. The molecule has 140 valence electrons. The number of hydrogen-bond donors (Lipinski definition) is 0. The van der Waals surface area contributed by atoms with Gasteiger partial charge >= 0.3 is 0 Å². The summed E-state index contributed by atoms with van der Waals surface area (Å²) in [4.78, 5) is 5.16. The van der Waals surface area contributed by atoms with Crippen LogP contribution in [0.3, 0.4) is 0 Å². The van der Waals surface area contributed by atoms with E-state index in [1.54, 1.807) is 36.7 Å². The second-order valence-electron chi connectivity index (χ2n) is 6.36. The van der Waals surface area contributed by atoms with Crippen LogP contribution in [0.25, 0.3) is 22.4 Å². The monoisotopic (exact) mass is 394 g/mol. The van der Waals surface area contributed by atoms with Crippen LogP contribution in [0.4, 0.5) is 0 Å². The Labute approximate surface area is 173 Å². The minimum atomic E-state index is 0.633. The molecular weight excluding hydrogens is 376 g/mol. The van der Waals surface area contributed by atoms with Crippen molar-refractivity contribution in [1.29, 1.82) is 5.26 Å². The number of thiazole rings is 1. The van der Waals surface area contributed by atoms with E-state index in [1.807, 2.05) is 35.0 Å². The van der Waals surface area contributed by atoms with Crippen molar-refractivity contribution in [3.63, 3.8) is 0 Å². The third-order valence-corrected chi connectivity index (χ3v) is 5.43. The molecule has 0 saturated heterocycles. The van der Waals surface area contributed by atoms with Crippen LogP contribution in [0, 0.1) is 11.3 Å². The first kappa shape index (κ1) is 18.6. The molecular formula is C24H18N4S. The summed E-state index contributed by atoms with van der Waals surface area (Å²) in [5.74, 6) is 0. The van der Waals surface area contributed by atoms with Crippen molar-refractivity contribution in [1.82, 2.24) is 4.68 Å². The molecule has 0 bridgehead atoms. The number of benzene rings is 3. The van der Waals surface area contributed by atoms with E-state index in [2.05, 4.69) is 57.9 Å². The highest BCUT2D eigenvalue weighted by molar-refractivity contribution is 7.07. The Morgan fingerprint density at radius 1 is 0.862 bits per heavy atom. The highest BCUT2D eigenvalue weighted by atomic mass is 32.1. The Kier molecular flexibility index (Phi) is 5.46. The highest BCUT2D eigenvalue weighted by Gasteiger charge is 2.07. The van der Waals surface area contributed by atoms with E-state index >= 15 is 0 Å². The molecule has 0 N–H and O–H groups in total. The van der Waals surface area contributed by atoms with Gasteiger partial charge in [-0.15, -0.1) is 11.3 Å². The summed E-state index contributed by atoms with van der Waals surface area (Å²) in [5.41, 5.74) is 6.00. The average molecular weight is 395 g/mol. The van der Waals surface area contributed by atoms with E-state index in [9.17, 15) is 0 Å². The zero-order chi connectivity index (χ0) is 20.1. The van der Waals surface area contributed by atoms with Gasteiger partial charge in [-0.3, -0.25) is 4.99 Å². The maximum atomic E-state index is 8.93. The van der Waals surface area contributed by atoms with Gasteiger partial charge in [0.1, 0.15) is 0 Å². The topological polar surface area (TPSA) is 53.4 Å². The lowest BCUT2D eigenvalue weighted by Gasteiger charge is -2.06. The van der Waals surface area contributed by atoms with Crippen LogP contribution in [0.2, 0.25) is 0 Å². The molecule has 5 heteroatoms. The van der Waals surface area contributed by atoms with Gasteiger partial charge in [-0.1, -0.05) is 66.7 Å². The van der Waals surface area contributed by atoms with Crippen LogP contribution in [0.5, 0.6) is 0 Å². The summed E-state index contributed by atoms with van der Waals surface area (Å²) in [5, 5.41) is 15.6. The lowest BCUT2D eigenvalue weighted by Crippen LogP contribution is -2.11. The van der Waals surface area contributed by atoms with Crippen molar-refractivity contribution in [2.75, 3.05) is 7.05 Å². The molecule has 29 heavy (non-hydrogen) atoms. The summed E-state index contributed by atoms with van der Waals surface area (Å²) in [6.07, 6.45) is 1.78. The number of rotatable bonds is 4. The zero-order valence-corrected chi connectivity index (χ0v) is 16.7. The molecule has 0 aliphatic carbocycles. The molecule has 1 heterocycles. The summed E-state index contributed by atoms with van der Waals surface area (Å²) >= 11 is 1.55. The Hall–Kier alpha value is -3.75. The van der Waals surface area contributed by atoms with Crippen molar-refractivity contribution in [2.45, 2.75) is 0 Å². The SMILES string of the molecule is CN=c1scc(-c2ccc(-c3ccccc3)cc2)n1N=Cc1ccc(C#N)cc1. The van der Waals surface area contributed by atoms with Gasteiger partial charge in [0.15, 0.2) is 0 Å². The molecule has 0 atom stereocenters. The maximum Gasteiger partial charge on any atom is 0.205 e. The molecule has 0 saturated carbocycles. The van der Waals surface area contributed by atoms with Gasteiger partial charge in [-0.2, -0.15) is 10.4 Å². The van der Waals surface area contributed by atoms with Gasteiger partial charge in [-0.05, 0) is 28.8 Å². The summed E-state index contributed by atoms with van der Waals surface area (Å²) < 4.78 is 1.85. The largest absolute Gasteiger partial charge is 0.261 e. The lowest BCUT2D eigenvalue weighted by atomic mass is 10.0. The summed E-state index contributed by atoms with van der Waals surface area (Å²) in [6.45, 7) is 0. The zero-order valence-electron chi connectivity index (χ0n) is 15.9. The second kappa shape index (κ2) is 8.51. The van der Waals surface area contributed by atoms with Crippen molar-refractivity contribution < 1.29 is 0 Å². The van der Waals surface area contributed by atoms with E-state index in [-0.39, 0.29) is 0 Å². The van der Waals surface area contributed by atoms with Crippen LogP contribution in [-0.4, -0.2) is 17.9 Å². The molecule has 3 aromatic carbocycles. The Bertz CT molecular complexity index is 1240. The molecule has 0 unspecified atom stereocenters. The van der Waals surface area contributed by atoms with Gasteiger partial charge in [-0.25, -0.2) is 4.68 Å². The van der Waals surface area contributed by atoms with Crippen LogP contribution in [0.1, 0.15) is 11.1 Å². The first-order chi connectivity index (χ1) is 14.3. The minimum absolute atomic E-state index is 0.633. The van der Waals surface area contributed by atoms with Crippen molar-refractivity contribution >= 4 is 17.6 Å². The molecule has 0 aliphatic heterocycles. The fourth-order valence-corrected chi connectivity index (χ4v) is 3.80. The quantitative estimate of drug-likeness (QED) is 0.441. The van der Waals surface area contributed by atoms with Crippen LogP contribution >= 0.6 is 11.3 Å². The first-order valence-electron chi connectivity index (χ1n) is 9.12. The van der Waals surface area contributed by atoms with Crippen molar-refractivity contribution in [2.24, 2.45) is 10.1 Å². The van der Waals surface area contributed by atoms with Gasteiger partial charge in [0, 0.05) is 18.0 Å². The Morgan fingerprint density at radius 2 is 1.52 bits per heavy atom. The molecule has 4 aromatic rings. The predicted octanol–water partition coefficient (Wildman–Crippen LogP) is 5.17. The second-order valence-corrected chi connectivity index (χ2v) is 7.20. The summed E-state index contributed by atoms with van der Waals surface area (Å²) in [6, 6.07) is 28.3. The Balaban J connectivity index is 1.67. The minimum Gasteiger partial charge on any atom is -0.261 e. The van der Waals surface area contributed by atoms with Gasteiger partial charge in [0.25, 0.3) is 0 Å². The van der Waals surface area contributed by atoms with E-state index < -0.39 is 0 Å². The first-order valence-corrected chi connectivity index (χ1v) is 10.0. The molecule has 0 spiro atoms. The van der Waals surface area contributed by atoms with Crippen molar-refractivity contribution in [3.8, 4) is 28.5 Å². The third kappa shape index (κ3) is 4.08. The number of aromatic nitrogens is 1. The fourth-order valence-electron chi connectivity index (χ4n) is 2.99. The normalized spacial score (nSPS) is 11.7. The van der Waals surface area contributed by atoms with E-state index in [4.69, 9.17) is 5.26 Å². The molecule has 0 radical (unpaired) electrons. The molecule has 0 fully saturated rings. The number of nitriles is 1. The highest BCUT2D eigenvalue weighted by Crippen LogP contribution is 2.25. The van der Waals surface area contributed by atoms with E-state index in [0.29, 0.717) is 5.56 Å². The van der Waals surface area contributed by atoms with Crippen LogP contribution in [0.15, 0.2) is 94.3 Å². The van der Waals surface area contributed by atoms with Crippen LogP contribution in [-0.2, 0) is 0 Å². The molecule has 4 nitrogen and oxygen atoms in total.